The first-order valence-corrected chi connectivity index (χ1v) is 10.4. The van der Waals surface area contributed by atoms with E-state index in [0.717, 1.165) is 23.5 Å². The molecule has 0 aliphatic carbocycles. The number of methoxy groups -OCH3 is 1. The number of amides is 1. The molecular weight excluding hydrogens is 392 g/mol. The Kier molecular flexibility index (Phi) is 5.50. The minimum atomic E-state index is -0.0843. The highest BCUT2D eigenvalue weighted by Crippen LogP contribution is 2.35. The lowest BCUT2D eigenvalue weighted by molar-refractivity contribution is -0.122. The zero-order valence-corrected chi connectivity index (χ0v) is 17.0. The van der Waals surface area contributed by atoms with Crippen molar-refractivity contribution in [2.45, 2.75) is 23.9 Å². The Morgan fingerprint density at radius 1 is 1.32 bits per heavy atom. The minimum absolute atomic E-state index is 0.0236. The van der Waals surface area contributed by atoms with Gasteiger partial charge < -0.3 is 10.1 Å². The third-order valence-corrected chi connectivity index (χ3v) is 6.14. The number of fused-ring (bicyclic) bond motifs is 1. The number of aromatic amines is 1. The van der Waals surface area contributed by atoms with Crippen molar-refractivity contribution in [2.24, 2.45) is 0 Å². The molecule has 0 saturated carbocycles. The third-order valence-electron chi connectivity index (χ3n) is 4.70. The van der Waals surface area contributed by atoms with Crippen LogP contribution in [0.3, 0.4) is 0 Å². The fourth-order valence-corrected chi connectivity index (χ4v) is 4.62. The zero-order chi connectivity index (χ0) is 19.5. The van der Waals surface area contributed by atoms with Crippen molar-refractivity contribution in [3.8, 4) is 17.1 Å². The van der Waals surface area contributed by atoms with Crippen molar-refractivity contribution < 1.29 is 9.53 Å². The maximum atomic E-state index is 12.8. The van der Waals surface area contributed by atoms with Crippen LogP contribution in [0.1, 0.15) is 18.0 Å². The van der Waals surface area contributed by atoms with Gasteiger partial charge >= 0.3 is 0 Å². The number of carbonyl (C=O) groups is 1. The van der Waals surface area contributed by atoms with E-state index in [1.54, 1.807) is 11.7 Å². The van der Waals surface area contributed by atoms with Crippen molar-refractivity contribution in [3.05, 3.63) is 58.9 Å². The van der Waals surface area contributed by atoms with Crippen LogP contribution >= 0.6 is 24.0 Å². The molecular formula is C20H20N4O2S2. The van der Waals surface area contributed by atoms with Gasteiger partial charge in [-0.3, -0.25) is 14.5 Å². The fraction of sp³-hybridized carbons (Fsp3) is 0.250. The van der Waals surface area contributed by atoms with Gasteiger partial charge in [0.25, 0.3) is 0 Å². The number of carbonyl (C=O) groups excluding carboxylic acids is 1. The summed E-state index contributed by atoms with van der Waals surface area (Å²) >= 11 is 7.18. The van der Waals surface area contributed by atoms with Crippen LogP contribution in [0, 0.1) is 4.77 Å². The van der Waals surface area contributed by atoms with Crippen LogP contribution in [0.5, 0.6) is 5.75 Å². The number of thioether (sulfide) groups is 1. The average molecular weight is 413 g/mol. The number of aromatic nitrogens is 3. The summed E-state index contributed by atoms with van der Waals surface area (Å²) in [6.45, 7) is 0.114. The standard InChI is InChI=1S/C20H20N4O2S2/c1-26-14-8-6-13(7-9-14)19-22-23-20(27)24(19)12-18(25)21-16-10-11-28-17-5-3-2-4-15(16)17/h2-9,16H,10-12H2,1H3,(H,21,25)(H,23,27). The van der Waals surface area contributed by atoms with Gasteiger partial charge in [0.2, 0.25) is 5.91 Å². The van der Waals surface area contributed by atoms with Crippen LogP contribution in [-0.2, 0) is 11.3 Å². The number of rotatable bonds is 5. The summed E-state index contributed by atoms with van der Waals surface area (Å²) in [5.41, 5.74) is 2.04. The molecule has 1 unspecified atom stereocenters. The Hall–Kier alpha value is -2.58. The van der Waals surface area contributed by atoms with Gasteiger partial charge in [-0.15, -0.1) is 11.8 Å². The molecule has 0 radical (unpaired) electrons. The lowest BCUT2D eigenvalue weighted by atomic mass is 10.0. The van der Waals surface area contributed by atoms with E-state index < -0.39 is 0 Å². The van der Waals surface area contributed by atoms with Crippen LogP contribution in [0.25, 0.3) is 11.4 Å². The highest BCUT2D eigenvalue weighted by atomic mass is 32.2. The summed E-state index contributed by atoms with van der Waals surface area (Å²) in [6.07, 6.45) is 0.912. The predicted molar refractivity (Wildman–Crippen MR) is 112 cm³/mol. The summed E-state index contributed by atoms with van der Waals surface area (Å²) in [7, 11) is 1.62. The van der Waals surface area contributed by atoms with Gasteiger partial charge in [-0.2, -0.15) is 5.10 Å². The van der Waals surface area contributed by atoms with E-state index in [2.05, 4.69) is 27.6 Å². The molecule has 4 rings (SSSR count). The monoisotopic (exact) mass is 412 g/mol. The molecule has 144 valence electrons. The number of benzene rings is 2. The number of hydrogen-bond donors (Lipinski definition) is 2. The zero-order valence-electron chi connectivity index (χ0n) is 15.3. The van der Waals surface area contributed by atoms with Gasteiger partial charge in [0.1, 0.15) is 12.3 Å². The molecule has 6 nitrogen and oxygen atoms in total. The Morgan fingerprint density at radius 3 is 2.89 bits per heavy atom. The molecule has 0 spiro atoms. The Bertz CT molecular complexity index is 1040. The number of H-pyrrole nitrogens is 1. The topological polar surface area (TPSA) is 71.9 Å². The molecule has 0 bridgehead atoms. The number of nitrogens with one attached hydrogen (secondary N) is 2. The van der Waals surface area contributed by atoms with Gasteiger partial charge in [-0.25, -0.2) is 0 Å². The first-order chi connectivity index (χ1) is 13.7. The number of nitrogens with zero attached hydrogens (tertiary/aromatic N) is 2. The van der Waals surface area contributed by atoms with Crippen molar-refractivity contribution in [3.63, 3.8) is 0 Å². The molecule has 3 aromatic rings. The summed E-state index contributed by atoms with van der Waals surface area (Å²) < 4.78 is 7.33. The van der Waals surface area contributed by atoms with Crippen molar-refractivity contribution in [1.82, 2.24) is 20.1 Å². The molecule has 1 aromatic heterocycles. The first kappa shape index (κ1) is 18.8. The second-order valence-corrected chi connectivity index (χ2v) is 7.99. The quantitative estimate of drug-likeness (QED) is 0.621. The molecule has 2 aromatic carbocycles. The Morgan fingerprint density at radius 2 is 2.11 bits per heavy atom. The lowest BCUT2D eigenvalue weighted by Crippen LogP contribution is -2.33. The van der Waals surface area contributed by atoms with Gasteiger partial charge in [-0.1, -0.05) is 18.2 Å². The first-order valence-electron chi connectivity index (χ1n) is 8.96. The van der Waals surface area contributed by atoms with E-state index >= 15 is 0 Å². The van der Waals surface area contributed by atoms with Crippen molar-refractivity contribution in [2.75, 3.05) is 12.9 Å². The molecule has 28 heavy (non-hydrogen) atoms. The highest BCUT2D eigenvalue weighted by molar-refractivity contribution is 7.99. The fourth-order valence-electron chi connectivity index (χ4n) is 3.30. The van der Waals surface area contributed by atoms with E-state index in [0.29, 0.717) is 10.6 Å². The van der Waals surface area contributed by atoms with E-state index in [4.69, 9.17) is 17.0 Å². The van der Waals surface area contributed by atoms with Crippen LogP contribution in [0.4, 0.5) is 0 Å². The maximum Gasteiger partial charge on any atom is 0.240 e. The highest BCUT2D eigenvalue weighted by Gasteiger charge is 2.22. The summed E-state index contributed by atoms with van der Waals surface area (Å²) in [4.78, 5) is 14.0. The molecule has 2 N–H and O–H groups in total. The second-order valence-electron chi connectivity index (χ2n) is 6.46. The predicted octanol–water partition coefficient (Wildman–Crippen LogP) is 3.97. The van der Waals surface area contributed by atoms with Gasteiger partial charge in [0.15, 0.2) is 10.6 Å². The maximum absolute atomic E-state index is 12.8. The number of hydrogen-bond acceptors (Lipinski definition) is 5. The average Bonchev–Trinajstić information content (AvgIpc) is 3.08. The molecule has 0 saturated heterocycles. The smallest absolute Gasteiger partial charge is 0.240 e. The summed E-state index contributed by atoms with van der Waals surface area (Å²) in [5, 5.41) is 10.2. The van der Waals surface area contributed by atoms with Crippen LogP contribution in [-0.4, -0.2) is 33.5 Å². The largest absolute Gasteiger partial charge is 0.497 e. The molecule has 1 atom stereocenters. The molecule has 2 heterocycles. The Balaban J connectivity index is 1.53. The van der Waals surface area contributed by atoms with Gasteiger partial charge in [0.05, 0.1) is 13.2 Å². The van der Waals surface area contributed by atoms with Crippen molar-refractivity contribution in [1.29, 1.82) is 0 Å². The summed E-state index contributed by atoms with van der Waals surface area (Å²) in [5.74, 6) is 2.29. The van der Waals surface area contributed by atoms with E-state index in [9.17, 15) is 4.79 Å². The van der Waals surface area contributed by atoms with Crippen LogP contribution in [0.15, 0.2) is 53.4 Å². The number of ether oxygens (including phenoxy) is 1. The van der Waals surface area contributed by atoms with E-state index in [1.807, 2.05) is 48.2 Å². The van der Waals surface area contributed by atoms with Crippen LogP contribution < -0.4 is 10.1 Å². The van der Waals surface area contributed by atoms with E-state index in [-0.39, 0.29) is 18.5 Å². The van der Waals surface area contributed by atoms with Gasteiger partial charge in [0, 0.05) is 16.2 Å². The van der Waals surface area contributed by atoms with Crippen molar-refractivity contribution >= 4 is 29.9 Å². The SMILES string of the molecule is COc1ccc(-c2n[nH]c(=S)n2CC(=O)NC2CCSc3ccccc32)cc1. The Labute approximate surface area is 172 Å². The molecule has 8 heteroatoms. The van der Waals surface area contributed by atoms with E-state index in [1.165, 1.54) is 10.5 Å². The normalized spacial score (nSPS) is 15.7. The molecule has 0 fully saturated rings. The van der Waals surface area contributed by atoms with Crippen LogP contribution in [0.2, 0.25) is 0 Å². The molecule has 1 aliphatic heterocycles. The minimum Gasteiger partial charge on any atom is -0.497 e. The third kappa shape index (κ3) is 3.83. The lowest BCUT2D eigenvalue weighted by Gasteiger charge is -2.26. The molecule has 1 amide bonds. The second kappa shape index (κ2) is 8.20. The van der Waals surface area contributed by atoms with Gasteiger partial charge in [-0.05, 0) is 54.5 Å². The summed E-state index contributed by atoms with van der Waals surface area (Å²) in [6, 6.07) is 15.8. The molecule has 1 aliphatic rings.